The molecule has 1 aliphatic heterocycles. The molecule has 6 nitrogen and oxygen atoms in total. The second-order valence-corrected chi connectivity index (χ2v) is 4.84. The van der Waals surface area contributed by atoms with Gasteiger partial charge in [-0.25, -0.2) is 4.79 Å². The second kappa shape index (κ2) is 8.05. The van der Waals surface area contributed by atoms with Crippen LogP contribution in [0.1, 0.15) is 26.2 Å². The summed E-state index contributed by atoms with van der Waals surface area (Å²) in [6.45, 7) is 6.23. The molecule has 1 fully saturated rings. The largest absolute Gasteiger partial charge is 0.351 e. The molecule has 0 aromatic carbocycles. The lowest BCUT2D eigenvalue weighted by Gasteiger charge is -2.29. The van der Waals surface area contributed by atoms with Gasteiger partial charge >= 0.3 is 6.03 Å². The van der Waals surface area contributed by atoms with E-state index in [0.29, 0.717) is 5.92 Å². The molecule has 1 aliphatic rings. The number of hydrogen-bond donors (Lipinski definition) is 3. The number of hydrogen-bond acceptors (Lipinski definition) is 4. The maximum absolute atomic E-state index is 11.5. The van der Waals surface area contributed by atoms with E-state index in [-0.39, 0.29) is 12.5 Å². The lowest BCUT2D eigenvalue weighted by atomic mass is 9.97. The van der Waals surface area contributed by atoms with Gasteiger partial charge in [0.2, 0.25) is 5.91 Å². The van der Waals surface area contributed by atoms with Crippen LogP contribution in [0.5, 0.6) is 0 Å². The summed E-state index contributed by atoms with van der Waals surface area (Å²) in [4.78, 5) is 24.2. The highest BCUT2D eigenvalue weighted by atomic mass is 16.2. The number of piperidine rings is 1. The molecule has 0 aromatic heterocycles. The Morgan fingerprint density at radius 2 is 2.06 bits per heavy atom. The van der Waals surface area contributed by atoms with Crippen molar-refractivity contribution in [2.24, 2.45) is 11.7 Å². The van der Waals surface area contributed by atoms with Gasteiger partial charge in [-0.15, -0.1) is 0 Å². The molecule has 1 saturated heterocycles. The Kier molecular flexibility index (Phi) is 6.67. The SMILES string of the molecule is CCCN(CC(=O)NC(N)=O)CC1CCNCC1. The molecular weight excluding hydrogens is 232 g/mol. The van der Waals surface area contributed by atoms with Crippen molar-refractivity contribution in [1.29, 1.82) is 0 Å². The topological polar surface area (TPSA) is 87.5 Å². The fourth-order valence-corrected chi connectivity index (χ4v) is 2.36. The van der Waals surface area contributed by atoms with Crippen molar-refractivity contribution >= 4 is 11.9 Å². The second-order valence-electron chi connectivity index (χ2n) is 4.84. The summed E-state index contributed by atoms with van der Waals surface area (Å²) >= 11 is 0. The van der Waals surface area contributed by atoms with Gasteiger partial charge in [-0.3, -0.25) is 15.0 Å². The van der Waals surface area contributed by atoms with E-state index in [1.807, 2.05) is 0 Å². The molecule has 18 heavy (non-hydrogen) atoms. The first kappa shape index (κ1) is 14.9. The quantitative estimate of drug-likeness (QED) is 0.619. The van der Waals surface area contributed by atoms with Gasteiger partial charge in [0.1, 0.15) is 0 Å². The smallest absolute Gasteiger partial charge is 0.318 e. The number of nitrogens with one attached hydrogen (secondary N) is 2. The third-order valence-electron chi connectivity index (χ3n) is 3.14. The van der Waals surface area contributed by atoms with Crippen molar-refractivity contribution in [3.8, 4) is 0 Å². The molecule has 0 saturated carbocycles. The van der Waals surface area contributed by atoms with Crippen LogP contribution in [0.15, 0.2) is 0 Å². The summed E-state index contributed by atoms with van der Waals surface area (Å²) in [6, 6.07) is -0.779. The van der Waals surface area contributed by atoms with Crippen molar-refractivity contribution in [1.82, 2.24) is 15.5 Å². The Balaban J connectivity index is 2.37. The van der Waals surface area contributed by atoms with E-state index >= 15 is 0 Å². The van der Waals surface area contributed by atoms with Gasteiger partial charge in [0.15, 0.2) is 0 Å². The van der Waals surface area contributed by atoms with Crippen molar-refractivity contribution in [3.63, 3.8) is 0 Å². The molecule has 3 amide bonds. The van der Waals surface area contributed by atoms with Crippen molar-refractivity contribution < 1.29 is 9.59 Å². The molecule has 0 aromatic rings. The van der Waals surface area contributed by atoms with Gasteiger partial charge in [0.05, 0.1) is 6.54 Å². The van der Waals surface area contributed by atoms with Crippen molar-refractivity contribution in [2.75, 3.05) is 32.7 Å². The molecule has 0 aliphatic carbocycles. The van der Waals surface area contributed by atoms with Gasteiger partial charge in [0.25, 0.3) is 0 Å². The fourth-order valence-electron chi connectivity index (χ4n) is 2.36. The van der Waals surface area contributed by atoms with Gasteiger partial charge in [-0.1, -0.05) is 6.92 Å². The van der Waals surface area contributed by atoms with E-state index in [0.717, 1.165) is 45.4 Å². The highest BCUT2D eigenvalue weighted by Gasteiger charge is 2.18. The van der Waals surface area contributed by atoms with E-state index < -0.39 is 6.03 Å². The van der Waals surface area contributed by atoms with E-state index in [4.69, 9.17) is 5.73 Å². The van der Waals surface area contributed by atoms with Crippen LogP contribution >= 0.6 is 0 Å². The van der Waals surface area contributed by atoms with Crippen molar-refractivity contribution in [3.05, 3.63) is 0 Å². The summed E-state index contributed by atoms with van der Waals surface area (Å²) < 4.78 is 0. The van der Waals surface area contributed by atoms with Crippen LogP contribution < -0.4 is 16.4 Å². The first-order valence-electron chi connectivity index (χ1n) is 6.64. The summed E-state index contributed by atoms with van der Waals surface area (Å²) in [5.74, 6) is 0.323. The van der Waals surface area contributed by atoms with Gasteiger partial charge < -0.3 is 11.1 Å². The van der Waals surface area contributed by atoms with Crippen LogP contribution in [0.4, 0.5) is 4.79 Å². The maximum atomic E-state index is 11.5. The molecule has 1 heterocycles. The lowest BCUT2D eigenvalue weighted by Crippen LogP contribution is -2.44. The summed E-state index contributed by atoms with van der Waals surface area (Å²) in [5, 5.41) is 5.44. The first-order chi connectivity index (χ1) is 8.61. The van der Waals surface area contributed by atoms with Crippen LogP contribution in [0.3, 0.4) is 0 Å². The minimum absolute atomic E-state index is 0.251. The number of carbonyl (C=O) groups excluding carboxylic acids is 2. The number of amides is 3. The number of rotatable bonds is 6. The number of carbonyl (C=O) groups is 2. The monoisotopic (exact) mass is 256 g/mol. The molecule has 104 valence electrons. The summed E-state index contributed by atoms with van der Waals surface area (Å²) in [7, 11) is 0. The van der Waals surface area contributed by atoms with Gasteiger partial charge in [-0.05, 0) is 44.8 Å². The Hall–Kier alpha value is -1.14. The molecule has 1 rings (SSSR count). The molecule has 0 spiro atoms. The van der Waals surface area contributed by atoms with Crippen LogP contribution in [-0.4, -0.2) is 49.6 Å². The Labute approximate surface area is 108 Å². The molecule has 6 heteroatoms. The maximum Gasteiger partial charge on any atom is 0.318 e. The van der Waals surface area contributed by atoms with E-state index in [9.17, 15) is 9.59 Å². The van der Waals surface area contributed by atoms with Crippen molar-refractivity contribution in [2.45, 2.75) is 26.2 Å². The third kappa shape index (κ3) is 5.97. The normalized spacial score (nSPS) is 16.8. The Morgan fingerprint density at radius 3 is 2.61 bits per heavy atom. The molecule has 4 N–H and O–H groups in total. The number of imide groups is 1. The van der Waals surface area contributed by atoms with Gasteiger partial charge in [-0.2, -0.15) is 0 Å². The molecule has 0 radical (unpaired) electrons. The number of nitrogens with two attached hydrogens (primary N) is 1. The number of primary amides is 1. The minimum atomic E-state index is -0.779. The molecule has 0 atom stereocenters. The summed E-state index contributed by atoms with van der Waals surface area (Å²) in [6.07, 6.45) is 3.30. The molecule has 0 unspecified atom stereocenters. The standard InChI is InChI=1S/C12H24N4O2/c1-2-7-16(9-11(17)15-12(13)18)8-10-3-5-14-6-4-10/h10,14H,2-9H2,1H3,(H3,13,15,17,18). The molecular formula is C12H24N4O2. The fraction of sp³-hybridized carbons (Fsp3) is 0.833. The van der Waals surface area contributed by atoms with Crippen LogP contribution in [-0.2, 0) is 4.79 Å². The Bertz CT molecular complexity index is 277. The number of nitrogens with zero attached hydrogens (tertiary/aromatic N) is 1. The number of urea groups is 1. The third-order valence-corrected chi connectivity index (χ3v) is 3.14. The van der Waals surface area contributed by atoms with E-state index in [1.54, 1.807) is 0 Å². The highest BCUT2D eigenvalue weighted by Crippen LogP contribution is 2.13. The minimum Gasteiger partial charge on any atom is -0.351 e. The lowest BCUT2D eigenvalue weighted by molar-refractivity contribution is -0.121. The average molecular weight is 256 g/mol. The zero-order chi connectivity index (χ0) is 13.4. The predicted molar refractivity (Wildman–Crippen MR) is 70.1 cm³/mol. The average Bonchev–Trinajstić information content (AvgIpc) is 2.29. The van der Waals surface area contributed by atoms with Crippen LogP contribution in [0.25, 0.3) is 0 Å². The Morgan fingerprint density at radius 1 is 1.39 bits per heavy atom. The van der Waals surface area contributed by atoms with Crippen LogP contribution in [0, 0.1) is 5.92 Å². The predicted octanol–water partition coefficient (Wildman–Crippen LogP) is -0.107. The van der Waals surface area contributed by atoms with Crippen LogP contribution in [0.2, 0.25) is 0 Å². The highest BCUT2D eigenvalue weighted by molar-refractivity contribution is 5.94. The van der Waals surface area contributed by atoms with E-state index in [1.165, 1.54) is 0 Å². The molecule has 0 bridgehead atoms. The summed E-state index contributed by atoms with van der Waals surface area (Å²) in [5.41, 5.74) is 4.93. The first-order valence-corrected chi connectivity index (χ1v) is 6.64. The zero-order valence-corrected chi connectivity index (χ0v) is 11.1. The zero-order valence-electron chi connectivity index (χ0n) is 11.1. The van der Waals surface area contributed by atoms with E-state index in [2.05, 4.69) is 22.5 Å². The van der Waals surface area contributed by atoms with Gasteiger partial charge in [0, 0.05) is 6.54 Å².